The first-order valence-corrected chi connectivity index (χ1v) is 7.26. The van der Waals surface area contributed by atoms with Crippen molar-refractivity contribution in [2.45, 2.75) is 39.7 Å². The van der Waals surface area contributed by atoms with E-state index < -0.39 is 0 Å². The zero-order valence-electron chi connectivity index (χ0n) is 13.6. The number of ether oxygens (including phenoxy) is 1. The van der Waals surface area contributed by atoms with Crippen molar-refractivity contribution in [1.82, 2.24) is 15.1 Å². The van der Waals surface area contributed by atoms with E-state index in [0.29, 0.717) is 25.4 Å². The summed E-state index contributed by atoms with van der Waals surface area (Å²) < 4.78 is 6.75. The molecule has 1 rings (SSSR count). The predicted molar refractivity (Wildman–Crippen MR) is 81.4 cm³/mol. The van der Waals surface area contributed by atoms with Gasteiger partial charge in [-0.1, -0.05) is 27.7 Å². The summed E-state index contributed by atoms with van der Waals surface area (Å²) in [6.45, 7) is 9.58. The van der Waals surface area contributed by atoms with Gasteiger partial charge in [0.2, 0.25) is 0 Å². The second-order valence-electron chi connectivity index (χ2n) is 6.38. The van der Waals surface area contributed by atoms with Crippen LogP contribution >= 0.6 is 0 Å². The molecule has 0 radical (unpaired) electrons. The molecule has 0 aliphatic carbocycles. The van der Waals surface area contributed by atoms with Crippen LogP contribution in [0.15, 0.2) is 6.07 Å². The Labute approximate surface area is 126 Å². The van der Waals surface area contributed by atoms with Crippen molar-refractivity contribution >= 4 is 5.91 Å². The minimum absolute atomic E-state index is 0.0337. The summed E-state index contributed by atoms with van der Waals surface area (Å²) in [5, 5.41) is 16.4. The van der Waals surface area contributed by atoms with E-state index >= 15 is 0 Å². The molecular formula is C15H27N3O3. The third kappa shape index (κ3) is 5.13. The zero-order valence-corrected chi connectivity index (χ0v) is 13.6. The first kappa shape index (κ1) is 17.7. The largest absolute Gasteiger partial charge is 0.396 e. The lowest BCUT2D eigenvalue weighted by atomic mass is 9.92. The van der Waals surface area contributed by atoms with Gasteiger partial charge in [0.15, 0.2) is 0 Å². The molecule has 1 aromatic rings. The van der Waals surface area contributed by atoms with Gasteiger partial charge in [0, 0.05) is 25.7 Å². The Balaban J connectivity index is 2.91. The Morgan fingerprint density at radius 2 is 2.19 bits per heavy atom. The molecule has 21 heavy (non-hydrogen) atoms. The number of nitrogens with zero attached hydrogens (tertiary/aromatic N) is 2. The number of nitrogens with one attached hydrogen (secondary N) is 1. The van der Waals surface area contributed by atoms with E-state index in [9.17, 15) is 4.79 Å². The van der Waals surface area contributed by atoms with Gasteiger partial charge in [-0.25, -0.2) is 0 Å². The van der Waals surface area contributed by atoms with Crippen LogP contribution in [0.5, 0.6) is 0 Å². The fraction of sp³-hybridized carbons (Fsp3) is 0.733. The lowest BCUT2D eigenvalue weighted by Gasteiger charge is -2.14. The van der Waals surface area contributed by atoms with Crippen molar-refractivity contribution in [1.29, 1.82) is 0 Å². The van der Waals surface area contributed by atoms with Gasteiger partial charge in [0.05, 0.1) is 18.8 Å². The molecule has 0 fully saturated rings. The van der Waals surface area contributed by atoms with Crippen molar-refractivity contribution in [3.63, 3.8) is 0 Å². The van der Waals surface area contributed by atoms with Gasteiger partial charge in [0.25, 0.3) is 5.91 Å². The standard InChI is InChI=1S/C15H27N3O3/c1-11(10-19)9-16-14(20)12-8-13(15(2,3)4)17-18(12)6-7-21-5/h8,11,19H,6-7,9-10H2,1-5H3,(H,16,20). The molecule has 1 heterocycles. The molecule has 6 nitrogen and oxygen atoms in total. The molecule has 6 heteroatoms. The monoisotopic (exact) mass is 297 g/mol. The maximum absolute atomic E-state index is 12.3. The van der Waals surface area contributed by atoms with Crippen LogP contribution in [0.1, 0.15) is 43.9 Å². The average Bonchev–Trinajstić information content (AvgIpc) is 2.86. The highest BCUT2D eigenvalue weighted by Gasteiger charge is 2.22. The number of carbonyl (C=O) groups excluding carboxylic acids is 1. The summed E-state index contributed by atoms with van der Waals surface area (Å²) in [5.74, 6) is -0.138. The van der Waals surface area contributed by atoms with Crippen LogP contribution in [0.25, 0.3) is 0 Å². The minimum atomic E-state index is -0.172. The lowest BCUT2D eigenvalue weighted by Crippen LogP contribution is -2.31. The summed E-state index contributed by atoms with van der Waals surface area (Å²) >= 11 is 0. The first-order chi connectivity index (χ1) is 9.79. The maximum atomic E-state index is 12.3. The number of methoxy groups -OCH3 is 1. The highest BCUT2D eigenvalue weighted by Crippen LogP contribution is 2.21. The van der Waals surface area contributed by atoms with E-state index in [1.54, 1.807) is 11.8 Å². The van der Waals surface area contributed by atoms with Crippen LogP contribution < -0.4 is 5.32 Å². The van der Waals surface area contributed by atoms with Crippen molar-refractivity contribution in [2.24, 2.45) is 5.92 Å². The number of aliphatic hydroxyl groups excluding tert-OH is 1. The van der Waals surface area contributed by atoms with Crippen LogP contribution in [0.3, 0.4) is 0 Å². The Hall–Kier alpha value is -1.40. The molecule has 0 saturated heterocycles. The van der Waals surface area contributed by atoms with Crippen LogP contribution in [-0.2, 0) is 16.7 Å². The van der Waals surface area contributed by atoms with Gasteiger partial charge >= 0.3 is 0 Å². The predicted octanol–water partition coefficient (Wildman–Crippen LogP) is 1.19. The number of rotatable bonds is 7. The lowest BCUT2D eigenvalue weighted by molar-refractivity contribution is 0.0928. The molecule has 0 saturated carbocycles. The Morgan fingerprint density at radius 1 is 1.52 bits per heavy atom. The SMILES string of the molecule is COCCn1nc(C(C)(C)C)cc1C(=O)NCC(C)CO. The fourth-order valence-electron chi connectivity index (χ4n) is 1.74. The Kier molecular flexibility index (Phi) is 6.36. The third-order valence-corrected chi connectivity index (χ3v) is 3.21. The second kappa shape index (κ2) is 7.56. The molecule has 120 valence electrons. The number of aromatic nitrogens is 2. The van der Waals surface area contributed by atoms with Gasteiger partial charge in [0.1, 0.15) is 5.69 Å². The first-order valence-electron chi connectivity index (χ1n) is 7.26. The quantitative estimate of drug-likeness (QED) is 0.792. The summed E-state index contributed by atoms with van der Waals surface area (Å²) in [5.41, 5.74) is 1.28. The molecule has 0 spiro atoms. The molecule has 0 aromatic carbocycles. The normalized spacial score (nSPS) is 13.2. The minimum Gasteiger partial charge on any atom is -0.396 e. The van der Waals surface area contributed by atoms with Gasteiger partial charge in [-0.15, -0.1) is 0 Å². The molecule has 1 atom stereocenters. The van der Waals surface area contributed by atoms with Crippen molar-refractivity contribution in [2.75, 3.05) is 26.9 Å². The van der Waals surface area contributed by atoms with E-state index in [1.165, 1.54) is 0 Å². The topological polar surface area (TPSA) is 76.4 Å². The van der Waals surface area contributed by atoms with E-state index in [0.717, 1.165) is 5.69 Å². The molecule has 1 amide bonds. The summed E-state index contributed by atoms with van der Waals surface area (Å²) in [6.07, 6.45) is 0. The number of amides is 1. The summed E-state index contributed by atoms with van der Waals surface area (Å²) in [6, 6.07) is 1.83. The average molecular weight is 297 g/mol. The van der Waals surface area contributed by atoms with Gasteiger partial charge < -0.3 is 15.2 Å². The fourth-order valence-corrected chi connectivity index (χ4v) is 1.74. The molecule has 1 unspecified atom stereocenters. The molecular weight excluding hydrogens is 270 g/mol. The third-order valence-electron chi connectivity index (χ3n) is 3.21. The van der Waals surface area contributed by atoms with Crippen molar-refractivity contribution in [3.8, 4) is 0 Å². The van der Waals surface area contributed by atoms with Crippen molar-refractivity contribution in [3.05, 3.63) is 17.5 Å². The van der Waals surface area contributed by atoms with E-state index in [2.05, 4.69) is 31.2 Å². The van der Waals surface area contributed by atoms with Gasteiger partial charge in [-0.2, -0.15) is 5.10 Å². The van der Waals surface area contributed by atoms with Gasteiger partial charge in [-0.05, 0) is 12.0 Å². The Morgan fingerprint density at radius 3 is 2.71 bits per heavy atom. The summed E-state index contributed by atoms with van der Waals surface area (Å²) in [4.78, 5) is 12.3. The molecule has 0 aliphatic rings. The maximum Gasteiger partial charge on any atom is 0.269 e. The molecule has 0 bridgehead atoms. The van der Waals surface area contributed by atoms with Crippen LogP contribution in [0.4, 0.5) is 0 Å². The molecule has 0 aliphatic heterocycles. The summed E-state index contributed by atoms with van der Waals surface area (Å²) in [7, 11) is 1.62. The van der Waals surface area contributed by atoms with E-state index in [4.69, 9.17) is 9.84 Å². The van der Waals surface area contributed by atoms with Crippen LogP contribution in [0.2, 0.25) is 0 Å². The highest BCUT2D eigenvalue weighted by molar-refractivity contribution is 5.92. The number of hydrogen-bond donors (Lipinski definition) is 2. The zero-order chi connectivity index (χ0) is 16.0. The molecule has 2 N–H and O–H groups in total. The second-order valence-corrected chi connectivity index (χ2v) is 6.38. The smallest absolute Gasteiger partial charge is 0.269 e. The van der Waals surface area contributed by atoms with Crippen molar-refractivity contribution < 1.29 is 14.6 Å². The van der Waals surface area contributed by atoms with E-state index in [1.807, 2.05) is 13.0 Å². The van der Waals surface area contributed by atoms with Crippen LogP contribution in [0, 0.1) is 5.92 Å². The molecule has 1 aromatic heterocycles. The van der Waals surface area contributed by atoms with E-state index in [-0.39, 0.29) is 23.8 Å². The highest BCUT2D eigenvalue weighted by atomic mass is 16.5. The number of hydrogen-bond acceptors (Lipinski definition) is 4. The number of aliphatic hydroxyl groups is 1. The van der Waals surface area contributed by atoms with Crippen LogP contribution in [-0.4, -0.2) is 47.7 Å². The Bertz CT molecular complexity index is 463. The van der Waals surface area contributed by atoms with Gasteiger partial charge in [-0.3, -0.25) is 9.48 Å². The number of carbonyl (C=O) groups is 1.